The van der Waals surface area contributed by atoms with Gasteiger partial charge in [-0.1, -0.05) is 18.2 Å². The van der Waals surface area contributed by atoms with Crippen LogP contribution in [0, 0.1) is 6.92 Å². The van der Waals surface area contributed by atoms with Crippen LogP contribution in [0.25, 0.3) is 6.08 Å². The lowest BCUT2D eigenvalue weighted by atomic mass is 10.2. The van der Waals surface area contributed by atoms with Crippen molar-refractivity contribution in [2.75, 3.05) is 6.54 Å². The number of thiazole rings is 1. The van der Waals surface area contributed by atoms with E-state index in [4.69, 9.17) is 4.74 Å². The minimum Gasteiger partial charge on any atom is -0.487 e. The van der Waals surface area contributed by atoms with Gasteiger partial charge in [-0.25, -0.2) is 13.8 Å². The number of ether oxygens (including phenoxy) is 1. The summed E-state index contributed by atoms with van der Waals surface area (Å²) in [5.41, 5.74) is 1.57. The van der Waals surface area contributed by atoms with Gasteiger partial charge in [0.15, 0.2) is 0 Å². The highest BCUT2D eigenvalue weighted by atomic mass is 32.1. The van der Waals surface area contributed by atoms with Crippen LogP contribution in [0.3, 0.4) is 0 Å². The van der Waals surface area contributed by atoms with Gasteiger partial charge in [0.05, 0.1) is 17.2 Å². The van der Waals surface area contributed by atoms with E-state index in [2.05, 4.69) is 4.98 Å². The Labute approximate surface area is 155 Å². The summed E-state index contributed by atoms with van der Waals surface area (Å²) in [6, 6.07) is 7.25. The summed E-state index contributed by atoms with van der Waals surface area (Å²) in [5.74, 6) is 0.228. The van der Waals surface area contributed by atoms with Crippen molar-refractivity contribution < 1.29 is 18.3 Å². The fraction of sp³-hybridized carbons (Fsp3) is 0.368. The zero-order valence-electron chi connectivity index (χ0n) is 14.4. The molecule has 1 aliphatic rings. The fourth-order valence-corrected chi connectivity index (χ4v) is 3.18. The molecule has 1 aromatic carbocycles. The van der Waals surface area contributed by atoms with E-state index in [0.717, 1.165) is 29.1 Å². The second-order valence-electron chi connectivity index (χ2n) is 6.13. The van der Waals surface area contributed by atoms with Gasteiger partial charge in [0.2, 0.25) is 5.91 Å². The molecule has 2 aromatic rings. The average molecular weight is 378 g/mol. The van der Waals surface area contributed by atoms with Gasteiger partial charge in [-0.15, -0.1) is 11.3 Å². The molecule has 26 heavy (non-hydrogen) atoms. The molecule has 0 bridgehead atoms. The number of amides is 1. The molecular weight excluding hydrogens is 358 g/mol. The molecule has 0 saturated heterocycles. The zero-order chi connectivity index (χ0) is 18.5. The number of carbonyl (C=O) groups excluding carboxylic acids is 1. The van der Waals surface area contributed by atoms with Crippen molar-refractivity contribution >= 4 is 23.3 Å². The number of aryl methyl sites for hydroxylation is 1. The summed E-state index contributed by atoms with van der Waals surface area (Å²) in [4.78, 5) is 17.9. The first-order valence-electron chi connectivity index (χ1n) is 8.42. The van der Waals surface area contributed by atoms with Gasteiger partial charge in [-0.05, 0) is 31.9 Å². The van der Waals surface area contributed by atoms with Crippen LogP contribution >= 0.6 is 11.3 Å². The molecule has 0 atom stereocenters. The van der Waals surface area contributed by atoms with Gasteiger partial charge in [-0.2, -0.15) is 0 Å². The molecule has 1 fully saturated rings. The van der Waals surface area contributed by atoms with Gasteiger partial charge >= 0.3 is 0 Å². The first-order valence-corrected chi connectivity index (χ1v) is 9.30. The number of hydrogen-bond acceptors (Lipinski definition) is 4. The van der Waals surface area contributed by atoms with Crippen LogP contribution in [0.15, 0.2) is 35.7 Å². The van der Waals surface area contributed by atoms with Gasteiger partial charge in [0, 0.05) is 23.1 Å². The van der Waals surface area contributed by atoms with Crippen LogP contribution in [0.4, 0.5) is 8.78 Å². The molecule has 1 amide bonds. The zero-order valence-corrected chi connectivity index (χ0v) is 15.2. The van der Waals surface area contributed by atoms with Gasteiger partial charge < -0.3 is 9.64 Å². The number of benzene rings is 1. The number of para-hydroxylation sites is 1. The highest BCUT2D eigenvalue weighted by Crippen LogP contribution is 2.28. The Morgan fingerprint density at radius 1 is 1.42 bits per heavy atom. The first-order chi connectivity index (χ1) is 12.5. The highest BCUT2D eigenvalue weighted by Gasteiger charge is 2.33. The third-order valence-corrected chi connectivity index (χ3v) is 4.79. The highest BCUT2D eigenvalue weighted by molar-refractivity contribution is 7.09. The maximum absolute atomic E-state index is 12.7. The first kappa shape index (κ1) is 18.5. The van der Waals surface area contributed by atoms with Gasteiger partial charge in [-0.3, -0.25) is 4.79 Å². The maximum atomic E-state index is 12.7. The second-order valence-corrected chi connectivity index (χ2v) is 7.19. The summed E-state index contributed by atoms with van der Waals surface area (Å²) >= 11 is 1.56. The van der Waals surface area contributed by atoms with Crippen LogP contribution in [0.2, 0.25) is 0 Å². The van der Waals surface area contributed by atoms with Crippen LogP contribution in [0.5, 0.6) is 5.75 Å². The Hall–Kier alpha value is -2.28. The molecule has 138 valence electrons. The molecule has 1 aromatic heterocycles. The number of halogens is 2. The Bertz CT molecular complexity index is 787. The van der Waals surface area contributed by atoms with E-state index in [-0.39, 0.29) is 6.04 Å². The van der Waals surface area contributed by atoms with Crippen LogP contribution in [-0.4, -0.2) is 34.8 Å². The lowest BCUT2D eigenvalue weighted by Gasteiger charge is -2.20. The van der Waals surface area contributed by atoms with E-state index in [9.17, 15) is 13.6 Å². The predicted octanol–water partition coefficient (Wildman–Crippen LogP) is 4.30. The molecule has 0 N–H and O–H groups in total. The second kappa shape index (κ2) is 8.40. The topological polar surface area (TPSA) is 42.4 Å². The minimum absolute atomic E-state index is 0.0550. The maximum Gasteiger partial charge on any atom is 0.255 e. The fourth-order valence-electron chi connectivity index (χ4n) is 2.59. The lowest BCUT2D eigenvalue weighted by molar-refractivity contribution is -0.128. The Balaban J connectivity index is 1.66. The summed E-state index contributed by atoms with van der Waals surface area (Å²) in [6.07, 6.45) is 2.02. The van der Waals surface area contributed by atoms with Crippen molar-refractivity contribution in [2.45, 2.75) is 38.8 Å². The van der Waals surface area contributed by atoms with E-state index in [1.165, 1.54) is 11.0 Å². The SMILES string of the molecule is Cc1nc(COc2ccccc2/C=C/C(=O)N(CC(F)F)C2CC2)cs1. The Morgan fingerprint density at radius 2 is 2.19 bits per heavy atom. The lowest BCUT2D eigenvalue weighted by Crippen LogP contribution is -2.35. The standard InChI is InChI=1S/C19H20F2N2O2S/c1-13-22-15(12-26-13)11-25-17-5-3-2-4-14(17)6-9-19(24)23(10-18(20)21)16-7-8-16/h2-6,9,12,16,18H,7-8,10-11H2,1H3/b9-6+. The largest absolute Gasteiger partial charge is 0.487 e. The Kier molecular flexibility index (Phi) is 5.98. The molecule has 0 unspecified atom stereocenters. The van der Waals surface area contributed by atoms with E-state index in [1.54, 1.807) is 23.5 Å². The molecular formula is C19H20F2N2O2S. The summed E-state index contributed by atoms with van der Waals surface area (Å²) in [6.45, 7) is 1.75. The smallest absolute Gasteiger partial charge is 0.255 e. The third kappa shape index (κ3) is 5.11. The summed E-state index contributed by atoms with van der Waals surface area (Å²) < 4.78 is 31.2. The molecule has 0 aliphatic heterocycles. The van der Waals surface area contributed by atoms with Crippen molar-refractivity contribution in [1.29, 1.82) is 0 Å². The van der Waals surface area contributed by atoms with Crippen LogP contribution in [-0.2, 0) is 11.4 Å². The van der Waals surface area contributed by atoms with Gasteiger partial charge in [0.1, 0.15) is 12.4 Å². The van der Waals surface area contributed by atoms with Crippen molar-refractivity contribution in [2.24, 2.45) is 0 Å². The number of rotatable bonds is 8. The number of hydrogen-bond donors (Lipinski definition) is 0. The summed E-state index contributed by atoms with van der Waals surface area (Å²) in [7, 11) is 0. The Morgan fingerprint density at radius 3 is 2.85 bits per heavy atom. The molecule has 1 aliphatic carbocycles. The number of carbonyl (C=O) groups is 1. The molecule has 3 rings (SSSR count). The number of alkyl halides is 2. The van der Waals surface area contributed by atoms with E-state index in [1.807, 2.05) is 30.5 Å². The van der Waals surface area contributed by atoms with Crippen LogP contribution in [0.1, 0.15) is 29.1 Å². The van der Waals surface area contributed by atoms with E-state index < -0.39 is 18.9 Å². The third-order valence-electron chi connectivity index (χ3n) is 3.97. The normalized spacial score (nSPS) is 14.2. The predicted molar refractivity (Wildman–Crippen MR) is 97.4 cm³/mol. The minimum atomic E-state index is -2.52. The van der Waals surface area contributed by atoms with Crippen molar-refractivity contribution in [3.63, 3.8) is 0 Å². The molecule has 1 saturated carbocycles. The quantitative estimate of drug-likeness (QED) is 0.643. The van der Waals surface area contributed by atoms with Gasteiger partial charge in [0.25, 0.3) is 6.43 Å². The molecule has 1 heterocycles. The van der Waals surface area contributed by atoms with Crippen molar-refractivity contribution in [1.82, 2.24) is 9.88 Å². The monoisotopic (exact) mass is 378 g/mol. The van der Waals surface area contributed by atoms with Crippen molar-refractivity contribution in [3.8, 4) is 5.75 Å². The molecule has 7 heteroatoms. The van der Waals surface area contributed by atoms with E-state index >= 15 is 0 Å². The van der Waals surface area contributed by atoms with Crippen molar-refractivity contribution in [3.05, 3.63) is 52.0 Å². The average Bonchev–Trinajstić information content (AvgIpc) is 3.38. The summed E-state index contributed by atoms with van der Waals surface area (Å²) in [5, 5.41) is 2.91. The molecule has 4 nitrogen and oxygen atoms in total. The van der Waals surface area contributed by atoms with Crippen LogP contribution < -0.4 is 4.74 Å². The van der Waals surface area contributed by atoms with E-state index in [0.29, 0.717) is 12.4 Å². The number of nitrogens with zero attached hydrogens (tertiary/aromatic N) is 2. The molecule has 0 spiro atoms. The number of aromatic nitrogens is 1. The molecule has 0 radical (unpaired) electrons.